The lowest BCUT2D eigenvalue weighted by molar-refractivity contribution is 0.305. The molecule has 4 heteroatoms. The zero-order valence-corrected chi connectivity index (χ0v) is 14.5. The van der Waals surface area contributed by atoms with Gasteiger partial charge >= 0.3 is 0 Å². The first-order valence-electron chi connectivity index (χ1n) is 7.50. The van der Waals surface area contributed by atoms with Crippen LogP contribution in [-0.2, 0) is 6.61 Å². The Labute approximate surface area is 149 Å². The van der Waals surface area contributed by atoms with Crippen molar-refractivity contribution in [1.29, 1.82) is 0 Å². The number of benzene rings is 3. The minimum absolute atomic E-state index is 0.226. The van der Waals surface area contributed by atoms with Gasteiger partial charge in [-0.25, -0.2) is 0 Å². The molecule has 0 bridgehead atoms. The van der Waals surface area contributed by atoms with E-state index in [1.54, 1.807) is 30.5 Å². The standard InChI is InChI=1S/C20H16BrNO2/c21-17-7-6-16(13-22-18-8-10-19(23)11-9-18)20(12-17)24-14-15-4-2-1-3-5-15/h1-13,23H,14H2/b22-13+. The first kappa shape index (κ1) is 16.3. The summed E-state index contributed by atoms with van der Waals surface area (Å²) in [4.78, 5) is 4.43. The molecule has 0 spiro atoms. The molecule has 0 aliphatic heterocycles. The van der Waals surface area contributed by atoms with Crippen LogP contribution in [-0.4, -0.2) is 11.3 Å². The van der Waals surface area contributed by atoms with Gasteiger partial charge in [-0.2, -0.15) is 0 Å². The highest BCUT2D eigenvalue weighted by atomic mass is 79.9. The summed E-state index contributed by atoms with van der Waals surface area (Å²) in [5.74, 6) is 0.986. The summed E-state index contributed by atoms with van der Waals surface area (Å²) in [5, 5.41) is 9.32. The summed E-state index contributed by atoms with van der Waals surface area (Å²) in [6.07, 6.45) is 1.76. The van der Waals surface area contributed by atoms with Crippen molar-refractivity contribution in [3.05, 3.63) is 88.4 Å². The van der Waals surface area contributed by atoms with Crippen LogP contribution in [0.2, 0.25) is 0 Å². The van der Waals surface area contributed by atoms with Crippen molar-refractivity contribution in [2.24, 2.45) is 4.99 Å². The predicted molar refractivity (Wildman–Crippen MR) is 100 cm³/mol. The second-order valence-electron chi connectivity index (χ2n) is 5.23. The van der Waals surface area contributed by atoms with Crippen LogP contribution in [0.3, 0.4) is 0 Å². The van der Waals surface area contributed by atoms with Crippen LogP contribution in [0.25, 0.3) is 0 Å². The highest BCUT2D eigenvalue weighted by molar-refractivity contribution is 9.10. The van der Waals surface area contributed by atoms with Gasteiger partial charge in [-0.3, -0.25) is 4.99 Å². The maximum Gasteiger partial charge on any atom is 0.129 e. The van der Waals surface area contributed by atoms with Crippen LogP contribution >= 0.6 is 15.9 Å². The predicted octanol–water partition coefficient (Wildman–Crippen LogP) is 5.48. The summed E-state index contributed by atoms with van der Waals surface area (Å²) < 4.78 is 6.90. The molecule has 0 saturated carbocycles. The third-order valence-corrected chi connectivity index (χ3v) is 3.91. The van der Waals surface area contributed by atoms with Gasteiger partial charge in [-0.1, -0.05) is 46.3 Å². The van der Waals surface area contributed by atoms with Crippen molar-refractivity contribution in [3.63, 3.8) is 0 Å². The molecule has 3 aromatic carbocycles. The van der Waals surface area contributed by atoms with Gasteiger partial charge in [-0.05, 0) is 48.0 Å². The van der Waals surface area contributed by atoms with Gasteiger partial charge in [0.2, 0.25) is 0 Å². The Hall–Kier alpha value is -2.59. The number of rotatable bonds is 5. The van der Waals surface area contributed by atoms with E-state index in [1.807, 2.05) is 48.5 Å². The number of phenols is 1. The Bertz CT molecular complexity index is 830. The van der Waals surface area contributed by atoms with Crippen LogP contribution in [0.4, 0.5) is 5.69 Å². The first-order valence-corrected chi connectivity index (χ1v) is 8.29. The number of halogens is 1. The Balaban J connectivity index is 1.78. The highest BCUT2D eigenvalue weighted by Crippen LogP contribution is 2.24. The third kappa shape index (κ3) is 4.46. The first-order chi connectivity index (χ1) is 11.7. The van der Waals surface area contributed by atoms with Gasteiger partial charge in [0.25, 0.3) is 0 Å². The van der Waals surface area contributed by atoms with Crippen LogP contribution < -0.4 is 4.74 Å². The summed E-state index contributed by atoms with van der Waals surface area (Å²) in [6.45, 7) is 0.497. The maximum absolute atomic E-state index is 9.32. The van der Waals surface area contributed by atoms with Crippen molar-refractivity contribution in [2.75, 3.05) is 0 Å². The molecule has 3 nitrogen and oxygen atoms in total. The topological polar surface area (TPSA) is 41.8 Å². The average Bonchev–Trinajstić information content (AvgIpc) is 2.61. The number of hydrogen-bond acceptors (Lipinski definition) is 3. The van der Waals surface area contributed by atoms with Crippen LogP contribution in [0.15, 0.2) is 82.3 Å². The smallest absolute Gasteiger partial charge is 0.129 e. The number of aliphatic imine (C=N–C) groups is 1. The number of ether oxygens (including phenoxy) is 1. The van der Waals surface area contributed by atoms with E-state index in [0.29, 0.717) is 6.61 Å². The van der Waals surface area contributed by atoms with Crippen LogP contribution in [0.5, 0.6) is 11.5 Å². The molecule has 0 atom stereocenters. The van der Waals surface area contributed by atoms with E-state index in [0.717, 1.165) is 27.0 Å². The van der Waals surface area contributed by atoms with Crippen molar-refractivity contribution < 1.29 is 9.84 Å². The number of aromatic hydroxyl groups is 1. The monoisotopic (exact) mass is 381 g/mol. The molecular weight excluding hydrogens is 366 g/mol. The molecule has 3 aromatic rings. The molecule has 1 N–H and O–H groups in total. The molecule has 0 unspecified atom stereocenters. The SMILES string of the molecule is Oc1ccc(/N=C/c2ccc(Br)cc2OCc2ccccc2)cc1. The second kappa shape index (κ2) is 7.79. The average molecular weight is 382 g/mol. The fourth-order valence-corrected chi connectivity index (χ4v) is 2.50. The lowest BCUT2D eigenvalue weighted by atomic mass is 10.2. The van der Waals surface area contributed by atoms with Gasteiger partial charge in [0.05, 0.1) is 5.69 Å². The zero-order valence-electron chi connectivity index (χ0n) is 12.9. The molecule has 0 aliphatic carbocycles. The normalized spacial score (nSPS) is 10.9. The van der Waals surface area contributed by atoms with Gasteiger partial charge in [0.15, 0.2) is 0 Å². The molecule has 0 radical (unpaired) electrons. The van der Waals surface area contributed by atoms with E-state index >= 15 is 0 Å². The molecule has 24 heavy (non-hydrogen) atoms. The summed E-state index contributed by atoms with van der Waals surface area (Å²) in [5.41, 5.74) is 2.77. The molecule has 0 fully saturated rings. The molecule has 3 rings (SSSR count). The number of nitrogens with zero attached hydrogens (tertiary/aromatic N) is 1. The highest BCUT2D eigenvalue weighted by Gasteiger charge is 2.04. The molecule has 0 aromatic heterocycles. The Morgan fingerprint density at radius 2 is 1.71 bits per heavy atom. The van der Waals surface area contributed by atoms with E-state index in [2.05, 4.69) is 20.9 Å². The quantitative estimate of drug-likeness (QED) is 0.594. The molecule has 0 amide bonds. The molecule has 120 valence electrons. The Kier molecular flexibility index (Phi) is 5.29. The van der Waals surface area contributed by atoms with Crippen molar-refractivity contribution in [3.8, 4) is 11.5 Å². The van der Waals surface area contributed by atoms with E-state index < -0.39 is 0 Å². The second-order valence-corrected chi connectivity index (χ2v) is 6.15. The van der Waals surface area contributed by atoms with Gasteiger partial charge in [0, 0.05) is 16.3 Å². The molecule has 0 saturated heterocycles. The van der Waals surface area contributed by atoms with Crippen molar-refractivity contribution in [2.45, 2.75) is 6.61 Å². The zero-order chi connectivity index (χ0) is 16.8. The van der Waals surface area contributed by atoms with Gasteiger partial charge < -0.3 is 9.84 Å². The molecule has 0 aliphatic rings. The lowest BCUT2D eigenvalue weighted by Crippen LogP contribution is -1.98. The Morgan fingerprint density at radius 1 is 0.958 bits per heavy atom. The Morgan fingerprint density at radius 3 is 2.46 bits per heavy atom. The summed E-state index contributed by atoms with van der Waals surface area (Å²) in [7, 11) is 0. The number of hydrogen-bond donors (Lipinski definition) is 1. The minimum Gasteiger partial charge on any atom is -0.508 e. The maximum atomic E-state index is 9.32. The van der Waals surface area contributed by atoms with Crippen molar-refractivity contribution in [1.82, 2.24) is 0 Å². The largest absolute Gasteiger partial charge is 0.508 e. The lowest BCUT2D eigenvalue weighted by Gasteiger charge is -2.10. The van der Waals surface area contributed by atoms with Crippen LogP contribution in [0.1, 0.15) is 11.1 Å². The van der Waals surface area contributed by atoms with E-state index in [9.17, 15) is 5.11 Å². The van der Waals surface area contributed by atoms with Crippen LogP contribution in [0, 0.1) is 0 Å². The number of phenolic OH excluding ortho intramolecular Hbond substituents is 1. The molecular formula is C20H16BrNO2. The fraction of sp³-hybridized carbons (Fsp3) is 0.0500. The summed E-state index contributed by atoms with van der Waals surface area (Å²) >= 11 is 3.47. The summed E-state index contributed by atoms with van der Waals surface area (Å²) in [6, 6.07) is 22.6. The van der Waals surface area contributed by atoms with E-state index in [4.69, 9.17) is 4.74 Å². The van der Waals surface area contributed by atoms with Gasteiger partial charge in [-0.15, -0.1) is 0 Å². The van der Waals surface area contributed by atoms with E-state index in [-0.39, 0.29) is 5.75 Å². The molecule has 0 heterocycles. The van der Waals surface area contributed by atoms with E-state index in [1.165, 1.54) is 0 Å². The van der Waals surface area contributed by atoms with Gasteiger partial charge in [0.1, 0.15) is 18.1 Å². The third-order valence-electron chi connectivity index (χ3n) is 3.42. The minimum atomic E-state index is 0.226. The van der Waals surface area contributed by atoms with Crippen molar-refractivity contribution >= 4 is 27.8 Å². The fourth-order valence-electron chi connectivity index (χ4n) is 2.16.